The molecule has 1 aliphatic rings. The van der Waals surface area contributed by atoms with Gasteiger partial charge in [-0.15, -0.1) is 0 Å². The minimum absolute atomic E-state index is 0.460. The lowest BCUT2D eigenvalue weighted by Gasteiger charge is -2.18. The van der Waals surface area contributed by atoms with Gasteiger partial charge in [-0.3, -0.25) is 9.98 Å². The van der Waals surface area contributed by atoms with Crippen molar-refractivity contribution in [1.29, 1.82) is 0 Å². The molecule has 0 amide bonds. The topological polar surface area (TPSA) is 34.0 Å². The molecule has 0 aromatic rings. The highest BCUT2D eigenvalue weighted by Gasteiger charge is 2.13. The van der Waals surface area contributed by atoms with E-state index in [9.17, 15) is 0 Å². The van der Waals surface area contributed by atoms with Gasteiger partial charge in [0.05, 0.1) is 6.61 Å². The van der Waals surface area contributed by atoms with Gasteiger partial charge in [-0.1, -0.05) is 19.1 Å². The lowest BCUT2D eigenvalue weighted by atomic mass is 9.92. The lowest BCUT2D eigenvalue weighted by Crippen LogP contribution is -2.14. The van der Waals surface area contributed by atoms with Crippen LogP contribution in [0.1, 0.15) is 20.8 Å². The van der Waals surface area contributed by atoms with Crippen LogP contribution in [0.15, 0.2) is 34.4 Å². The summed E-state index contributed by atoms with van der Waals surface area (Å²) in [6.45, 7) is 7.67. The number of hydrogen-bond acceptors (Lipinski definition) is 3. The van der Waals surface area contributed by atoms with Crippen molar-refractivity contribution in [3.8, 4) is 0 Å². The van der Waals surface area contributed by atoms with Gasteiger partial charge in [0, 0.05) is 37.2 Å². The summed E-state index contributed by atoms with van der Waals surface area (Å²) < 4.78 is 5.00. The fourth-order valence-electron chi connectivity index (χ4n) is 1.66. The van der Waals surface area contributed by atoms with E-state index in [-0.39, 0.29) is 0 Å². The third-order valence-electron chi connectivity index (χ3n) is 2.85. The first-order valence-corrected chi connectivity index (χ1v) is 6.01. The Morgan fingerprint density at radius 2 is 2.47 bits per heavy atom. The highest BCUT2D eigenvalue weighted by molar-refractivity contribution is 5.93. The molecule has 94 valence electrons. The monoisotopic (exact) mass is 234 g/mol. The van der Waals surface area contributed by atoms with Crippen molar-refractivity contribution in [2.75, 3.05) is 20.3 Å². The van der Waals surface area contributed by atoms with Crippen LogP contribution in [0.25, 0.3) is 0 Å². The molecular formula is C14H22N2O. The summed E-state index contributed by atoms with van der Waals surface area (Å²) in [5, 5.41) is 0. The Labute approximate surface area is 104 Å². The molecule has 2 unspecified atom stereocenters. The molecule has 0 aliphatic carbocycles. The lowest BCUT2D eigenvalue weighted by molar-refractivity contribution is 0.245. The van der Waals surface area contributed by atoms with Gasteiger partial charge in [-0.25, -0.2) is 0 Å². The van der Waals surface area contributed by atoms with Crippen molar-refractivity contribution in [2.24, 2.45) is 21.8 Å². The average molecular weight is 234 g/mol. The number of nitrogens with zero attached hydrogens (tertiary/aromatic N) is 2. The van der Waals surface area contributed by atoms with Gasteiger partial charge in [-0.05, 0) is 25.8 Å². The number of dihydropyridines is 1. The second kappa shape index (κ2) is 7.17. The van der Waals surface area contributed by atoms with Crippen LogP contribution in [0.4, 0.5) is 0 Å². The smallest absolute Gasteiger partial charge is 0.0841 e. The summed E-state index contributed by atoms with van der Waals surface area (Å²) in [5.74, 6) is 0.954. The third-order valence-corrected chi connectivity index (χ3v) is 2.85. The Hall–Kier alpha value is -1.22. The van der Waals surface area contributed by atoms with Crippen LogP contribution >= 0.6 is 0 Å². The Balaban J connectivity index is 2.44. The number of ether oxygens (including phenoxy) is 1. The molecule has 0 radical (unpaired) electrons. The molecule has 1 aliphatic heterocycles. The van der Waals surface area contributed by atoms with Gasteiger partial charge in [-0.2, -0.15) is 0 Å². The molecule has 1 heterocycles. The van der Waals surface area contributed by atoms with E-state index in [1.807, 2.05) is 20.0 Å². The largest absolute Gasteiger partial charge is 0.379 e. The number of methoxy groups -OCH3 is 1. The molecular weight excluding hydrogens is 212 g/mol. The summed E-state index contributed by atoms with van der Waals surface area (Å²) in [6.07, 6.45) is 8.34. The SMILES string of the molecule is COCC(C)=N/C=C\C(C)C1C=CC(C)=NC1. The molecule has 2 atom stereocenters. The number of hydrogen-bond donors (Lipinski definition) is 0. The van der Waals surface area contributed by atoms with Crippen LogP contribution in [-0.4, -0.2) is 31.7 Å². The van der Waals surface area contributed by atoms with E-state index in [4.69, 9.17) is 4.74 Å². The molecule has 0 N–H and O–H groups in total. The second-order valence-corrected chi connectivity index (χ2v) is 4.50. The minimum Gasteiger partial charge on any atom is -0.379 e. The van der Waals surface area contributed by atoms with Gasteiger partial charge in [0.1, 0.15) is 0 Å². The maximum atomic E-state index is 5.00. The second-order valence-electron chi connectivity index (χ2n) is 4.50. The number of rotatable bonds is 5. The van der Waals surface area contributed by atoms with E-state index in [0.29, 0.717) is 18.4 Å². The zero-order chi connectivity index (χ0) is 12.7. The maximum absolute atomic E-state index is 5.00. The highest BCUT2D eigenvalue weighted by atomic mass is 16.5. The first-order chi connectivity index (χ1) is 8.13. The van der Waals surface area contributed by atoms with Crippen molar-refractivity contribution in [1.82, 2.24) is 0 Å². The molecule has 3 nitrogen and oxygen atoms in total. The van der Waals surface area contributed by atoms with Crippen LogP contribution < -0.4 is 0 Å². The van der Waals surface area contributed by atoms with Crippen molar-refractivity contribution >= 4 is 11.4 Å². The van der Waals surface area contributed by atoms with E-state index in [2.05, 4.69) is 35.1 Å². The van der Waals surface area contributed by atoms with Gasteiger partial charge in [0.25, 0.3) is 0 Å². The Morgan fingerprint density at radius 1 is 1.71 bits per heavy atom. The van der Waals surface area contributed by atoms with Crippen LogP contribution in [0.5, 0.6) is 0 Å². The number of allylic oxidation sites excluding steroid dienone is 2. The molecule has 17 heavy (non-hydrogen) atoms. The highest BCUT2D eigenvalue weighted by Crippen LogP contribution is 2.18. The Morgan fingerprint density at radius 3 is 3.06 bits per heavy atom. The van der Waals surface area contributed by atoms with Crippen LogP contribution in [0.2, 0.25) is 0 Å². The van der Waals surface area contributed by atoms with E-state index < -0.39 is 0 Å². The zero-order valence-corrected chi connectivity index (χ0v) is 11.2. The van der Waals surface area contributed by atoms with Gasteiger partial charge in [0.2, 0.25) is 0 Å². The van der Waals surface area contributed by atoms with Gasteiger partial charge in [0.15, 0.2) is 0 Å². The van der Waals surface area contributed by atoms with Gasteiger partial charge < -0.3 is 4.74 Å². The van der Waals surface area contributed by atoms with E-state index in [0.717, 1.165) is 18.0 Å². The standard InChI is InChI=1S/C14H22N2O/c1-11(7-8-15-13(3)10-17-4)14-6-5-12(2)16-9-14/h5-8,11,14H,9-10H2,1-4H3/b8-7-,15-13?. The van der Waals surface area contributed by atoms with Crippen LogP contribution in [-0.2, 0) is 4.74 Å². The fourth-order valence-corrected chi connectivity index (χ4v) is 1.66. The molecule has 1 rings (SSSR count). The predicted molar refractivity (Wildman–Crippen MR) is 73.9 cm³/mol. The molecule has 0 aromatic heterocycles. The summed E-state index contributed by atoms with van der Waals surface area (Å²) in [5.41, 5.74) is 2.11. The first kappa shape index (κ1) is 13.8. The summed E-state index contributed by atoms with van der Waals surface area (Å²) in [4.78, 5) is 8.76. The van der Waals surface area contributed by atoms with Crippen LogP contribution in [0, 0.1) is 11.8 Å². The van der Waals surface area contributed by atoms with Crippen molar-refractivity contribution in [3.05, 3.63) is 24.4 Å². The van der Waals surface area contributed by atoms with E-state index >= 15 is 0 Å². The normalized spacial score (nSPS) is 22.9. The summed E-state index contributed by atoms with van der Waals surface area (Å²) >= 11 is 0. The first-order valence-electron chi connectivity index (χ1n) is 6.01. The fraction of sp³-hybridized carbons (Fsp3) is 0.571. The predicted octanol–water partition coefficient (Wildman–Crippen LogP) is 2.89. The van der Waals surface area contributed by atoms with Crippen LogP contribution in [0.3, 0.4) is 0 Å². The average Bonchev–Trinajstić information content (AvgIpc) is 2.30. The third kappa shape index (κ3) is 5.09. The van der Waals surface area contributed by atoms with E-state index in [1.165, 1.54) is 0 Å². The maximum Gasteiger partial charge on any atom is 0.0841 e. The van der Waals surface area contributed by atoms with E-state index in [1.54, 1.807) is 7.11 Å². The molecule has 0 bridgehead atoms. The molecule has 0 fully saturated rings. The Kier molecular flexibility index (Phi) is 5.84. The molecule has 0 saturated carbocycles. The Bertz CT molecular complexity index is 353. The molecule has 0 spiro atoms. The van der Waals surface area contributed by atoms with Crippen molar-refractivity contribution < 1.29 is 4.74 Å². The molecule has 0 aromatic carbocycles. The number of aliphatic imine (C=N–C) groups is 2. The van der Waals surface area contributed by atoms with Crippen molar-refractivity contribution in [2.45, 2.75) is 20.8 Å². The summed E-state index contributed by atoms with van der Waals surface area (Å²) in [7, 11) is 1.68. The van der Waals surface area contributed by atoms with Gasteiger partial charge >= 0.3 is 0 Å². The quantitative estimate of drug-likeness (QED) is 0.673. The summed E-state index contributed by atoms with van der Waals surface area (Å²) in [6, 6.07) is 0. The van der Waals surface area contributed by atoms with Crippen molar-refractivity contribution in [3.63, 3.8) is 0 Å². The molecule has 0 saturated heterocycles. The molecule has 3 heteroatoms. The zero-order valence-electron chi connectivity index (χ0n) is 11.2. The minimum atomic E-state index is 0.460.